The van der Waals surface area contributed by atoms with E-state index in [2.05, 4.69) is 16.9 Å². The van der Waals surface area contributed by atoms with Crippen LogP contribution in [0.15, 0.2) is 35.5 Å². The number of anilines is 1. The molecule has 11 heteroatoms. The van der Waals surface area contributed by atoms with Gasteiger partial charge < -0.3 is 9.47 Å². The number of thioether (sulfide) groups is 1. The number of ether oxygens (including phenoxy) is 2. The summed E-state index contributed by atoms with van der Waals surface area (Å²) in [7, 11) is 2.96. The van der Waals surface area contributed by atoms with Crippen molar-refractivity contribution in [1.29, 1.82) is 0 Å². The van der Waals surface area contributed by atoms with Crippen molar-refractivity contribution in [2.75, 3.05) is 19.2 Å². The van der Waals surface area contributed by atoms with Crippen molar-refractivity contribution < 1.29 is 19.2 Å². The van der Waals surface area contributed by atoms with E-state index in [9.17, 15) is 14.9 Å². The number of nitrogens with two attached hydrogens (primary N) is 1. The summed E-state index contributed by atoms with van der Waals surface area (Å²) in [4.78, 5) is 32.0. The van der Waals surface area contributed by atoms with Crippen molar-refractivity contribution >= 4 is 29.0 Å². The monoisotopic (exact) mass is 435 g/mol. The first kappa shape index (κ1) is 23.4. The summed E-state index contributed by atoms with van der Waals surface area (Å²) in [6, 6.07) is 7.03. The number of nitro groups is 1. The second-order valence-electron chi connectivity index (χ2n) is 6.32. The van der Waals surface area contributed by atoms with E-state index in [1.807, 2.05) is 0 Å². The van der Waals surface area contributed by atoms with Crippen LogP contribution >= 0.6 is 11.8 Å². The van der Waals surface area contributed by atoms with E-state index in [0.29, 0.717) is 29.0 Å². The summed E-state index contributed by atoms with van der Waals surface area (Å²) in [5, 5.41) is 11.6. The van der Waals surface area contributed by atoms with Crippen LogP contribution in [0.2, 0.25) is 0 Å². The van der Waals surface area contributed by atoms with Crippen LogP contribution in [-0.4, -0.2) is 40.3 Å². The largest absolute Gasteiger partial charge is 0.481 e. The van der Waals surface area contributed by atoms with E-state index in [-0.39, 0.29) is 11.6 Å². The third-order valence-corrected chi connectivity index (χ3v) is 5.36. The van der Waals surface area contributed by atoms with E-state index in [4.69, 9.17) is 15.3 Å². The molecular weight excluding hydrogens is 410 g/mol. The number of nitrogens with zero attached hydrogens (tertiary/aromatic N) is 4. The van der Waals surface area contributed by atoms with Gasteiger partial charge in [-0.3, -0.25) is 14.9 Å². The number of hydrazine groups is 1. The molecule has 2 rings (SSSR count). The molecule has 2 aromatic rings. The second kappa shape index (κ2) is 11.3. The zero-order valence-corrected chi connectivity index (χ0v) is 17.9. The highest BCUT2D eigenvalue weighted by molar-refractivity contribution is 8.00. The average molecular weight is 436 g/mol. The van der Waals surface area contributed by atoms with Gasteiger partial charge in [0.25, 0.3) is 11.6 Å². The molecule has 10 nitrogen and oxygen atoms in total. The lowest BCUT2D eigenvalue weighted by Crippen LogP contribution is -2.43. The first-order chi connectivity index (χ1) is 14.4. The molecule has 0 aliphatic carbocycles. The fourth-order valence-corrected chi connectivity index (χ4v) is 3.64. The van der Waals surface area contributed by atoms with Crippen LogP contribution in [0, 0.1) is 10.1 Å². The summed E-state index contributed by atoms with van der Waals surface area (Å²) < 4.78 is 10.3. The zero-order valence-electron chi connectivity index (χ0n) is 17.1. The number of nitro benzene ring substituents is 1. The van der Waals surface area contributed by atoms with Crippen LogP contribution in [0.25, 0.3) is 0 Å². The van der Waals surface area contributed by atoms with Gasteiger partial charge in [0.1, 0.15) is 0 Å². The molecule has 0 saturated heterocycles. The molecule has 0 bridgehead atoms. The van der Waals surface area contributed by atoms with Crippen molar-refractivity contribution in [2.45, 2.75) is 43.0 Å². The van der Waals surface area contributed by atoms with Crippen LogP contribution < -0.4 is 20.3 Å². The Labute approximate surface area is 178 Å². The maximum atomic E-state index is 13.1. The predicted molar refractivity (Wildman–Crippen MR) is 114 cm³/mol. The number of rotatable bonds is 11. The number of carbonyl (C=O) groups excluding carboxylic acids is 1. The lowest BCUT2D eigenvalue weighted by Gasteiger charge is -2.22. The highest BCUT2D eigenvalue weighted by atomic mass is 32.2. The van der Waals surface area contributed by atoms with Gasteiger partial charge in [-0.2, -0.15) is 9.97 Å². The number of carbonyl (C=O) groups is 1. The SMILES string of the molecule is CCCCCC(Sc1nc(OC)cc(OC)n1)C(=O)N(N)c1ccc([N+](=O)[O-])cc1. The zero-order chi connectivity index (χ0) is 22.1. The van der Waals surface area contributed by atoms with Gasteiger partial charge in [0.05, 0.1) is 36.1 Å². The Morgan fingerprint density at radius 3 is 2.30 bits per heavy atom. The average Bonchev–Trinajstić information content (AvgIpc) is 2.77. The lowest BCUT2D eigenvalue weighted by molar-refractivity contribution is -0.384. The summed E-state index contributed by atoms with van der Waals surface area (Å²) in [5.74, 6) is 6.34. The Morgan fingerprint density at radius 2 is 1.80 bits per heavy atom. The number of unbranched alkanes of at least 4 members (excludes halogenated alkanes) is 2. The first-order valence-electron chi connectivity index (χ1n) is 9.36. The molecule has 162 valence electrons. The van der Waals surface area contributed by atoms with Gasteiger partial charge in [0.2, 0.25) is 11.8 Å². The van der Waals surface area contributed by atoms with Crippen LogP contribution in [0.1, 0.15) is 32.6 Å². The number of aromatic nitrogens is 2. The van der Waals surface area contributed by atoms with Gasteiger partial charge in [-0.1, -0.05) is 37.9 Å². The van der Waals surface area contributed by atoms with Gasteiger partial charge >= 0.3 is 0 Å². The molecule has 0 aliphatic rings. The standard InChI is InChI=1S/C19H25N5O5S/c1-4-5-6-7-15(30-19-21-16(28-2)12-17(22-19)29-3)18(25)23(20)13-8-10-14(11-9-13)24(26)27/h8-12,15H,4-7,20H2,1-3H3. The molecule has 0 radical (unpaired) electrons. The summed E-state index contributed by atoms with van der Waals surface area (Å²) in [6.45, 7) is 2.08. The maximum Gasteiger partial charge on any atom is 0.269 e. The third kappa shape index (κ3) is 6.29. The minimum atomic E-state index is -0.548. The molecule has 1 atom stereocenters. The number of hydrogen-bond acceptors (Lipinski definition) is 9. The Kier molecular flexibility index (Phi) is 8.81. The molecule has 30 heavy (non-hydrogen) atoms. The molecule has 0 fully saturated rings. The molecule has 2 N–H and O–H groups in total. The number of benzene rings is 1. The predicted octanol–water partition coefficient (Wildman–Crippen LogP) is 3.35. The molecule has 1 unspecified atom stereocenters. The number of hydrogen-bond donors (Lipinski definition) is 1. The Hall–Kier alpha value is -2.92. The minimum Gasteiger partial charge on any atom is -0.481 e. The van der Waals surface area contributed by atoms with Crippen molar-refractivity contribution in [3.8, 4) is 11.8 Å². The van der Waals surface area contributed by atoms with Crippen molar-refractivity contribution in [2.24, 2.45) is 5.84 Å². The van der Waals surface area contributed by atoms with Gasteiger partial charge in [-0.15, -0.1) is 0 Å². The van der Waals surface area contributed by atoms with E-state index >= 15 is 0 Å². The molecule has 0 spiro atoms. The van der Waals surface area contributed by atoms with Crippen LogP contribution in [0.3, 0.4) is 0 Å². The molecular formula is C19H25N5O5S. The van der Waals surface area contributed by atoms with Gasteiger partial charge in [-0.25, -0.2) is 10.9 Å². The smallest absolute Gasteiger partial charge is 0.269 e. The van der Waals surface area contributed by atoms with E-state index < -0.39 is 10.2 Å². The molecule has 1 amide bonds. The topological polar surface area (TPSA) is 134 Å². The molecule has 1 aromatic carbocycles. The number of amides is 1. The van der Waals surface area contributed by atoms with Gasteiger partial charge in [0.15, 0.2) is 5.16 Å². The summed E-state index contributed by atoms with van der Waals surface area (Å²) in [5.41, 5.74) is 0.279. The molecule has 0 saturated carbocycles. The molecule has 1 heterocycles. The van der Waals surface area contributed by atoms with E-state index in [1.165, 1.54) is 50.2 Å². The number of methoxy groups -OCH3 is 2. The lowest BCUT2D eigenvalue weighted by atomic mass is 10.1. The Morgan fingerprint density at radius 1 is 1.20 bits per heavy atom. The van der Waals surface area contributed by atoms with Gasteiger partial charge in [-0.05, 0) is 18.6 Å². The fourth-order valence-electron chi connectivity index (χ4n) is 2.60. The molecule has 1 aromatic heterocycles. The highest BCUT2D eigenvalue weighted by Crippen LogP contribution is 2.30. The Balaban J connectivity index is 2.24. The second-order valence-corrected chi connectivity index (χ2v) is 7.49. The van der Waals surface area contributed by atoms with Crippen LogP contribution in [-0.2, 0) is 4.79 Å². The number of non-ortho nitro benzene ring substituents is 1. The van der Waals surface area contributed by atoms with Crippen LogP contribution in [0.4, 0.5) is 11.4 Å². The normalized spacial score (nSPS) is 11.6. The Bertz CT molecular complexity index is 843. The van der Waals surface area contributed by atoms with Crippen molar-refractivity contribution in [3.05, 3.63) is 40.4 Å². The van der Waals surface area contributed by atoms with Gasteiger partial charge in [0, 0.05) is 12.1 Å². The maximum absolute atomic E-state index is 13.1. The van der Waals surface area contributed by atoms with Crippen molar-refractivity contribution in [1.82, 2.24) is 9.97 Å². The quantitative estimate of drug-likeness (QED) is 0.107. The first-order valence-corrected chi connectivity index (χ1v) is 10.2. The fraction of sp³-hybridized carbons (Fsp3) is 0.421. The van der Waals surface area contributed by atoms with Crippen LogP contribution in [0.5, 0.6) is 11.8 Å². The molecule has 0 aliphatic heterocycles. The highest BCUT2D eigenvalue weighted by Gasteiger charge is 2.26. The third-order valence-electron chi connectivity index (χ3n) is 4.25. The minimum absolute atomic E-state index is 0.0784. The van der Waals surface area contributed by atoms with Crippen molar-refractivity contribution in [3.63, 3.8) is 0 Å². The summed E-state index contributed by atoms with van der Waals surface area (Å²) >= 11 is 1.18. The van der Waals surface area contributed by atoms with E-state index in [1.54, 1.807) is 6.07 Å². The van der Waals surface area contributed by atoms with E-state index in [0.717, 1.165) is 24.3 Å². The summed E-state index contributed by atoms with van der Waals surface area (Å²) in [6.07, 6.45) is 3.37.